The lowest BCUT2D eigenvalue weighted by molar-refractivity contribution is 0.760. The van der Waals surface area contributed by atoms with E-state index in [1.807, 2.05) is 31.5 Å². The number of aromatic nitrogens is 2. The Morgan fingerprint density at radius 1 is 1.12 bits per heavy atom. The Balaban J connectivity index is 1.61. The van der Waals surface area contributed by atoms with Crippen LogP contribution in [-0.4, -0.2) is 15.5 Å². The Morgan fingerprint density at radius 3 is 2.58 bits per heavy atom. The summed E-state index contributed by atoms with van der Waals surface area (Å²) < 4.78 is 2.12. The first-order valence-electron chi connectivity index (χ1n) is 8.85. The third-order valence-electron chi connectivity index (χ3n) is 4.33. The van der Waals surface area contributed by atoms with Crippen molar-refractivity contribution in [3.05, 3.63) is 83.4 Å². The molecule has 3 aromatic rings. The molecule has 3 rings (SSSR count). The first kappa shape index (κ1) is 17.7. The summed E-state index contributed by atoms with van der Waals surface area (Å²) in [4.78, 5) is 8.71. The number of hydrogen-bond donors (Lipinski definition) is 2. The Morgan fingerprint density at radius 2 is 1.88 bits per heavy atom. The van der Waals surface area contributed by atoms with Gasteiger partial charge in [0.2, 0.25) is 0 Å². The number of guanidine groups is 1. The molecular weight excluding hydrogens is 322 g/mol. The highest BCUT2D eigenvalue weighted by molar-refractivity contribution is 5.92. The van der Waals surface area contributed by atoms with Gasteiger partial charge in [0.1, 0.15) is 5.82 Å². The average molecular weight is 347 g/mol. The fraction of sp³-hybridized carbons (Fsp3) is 0.238. The summed E-state index contributed by atoms with van der Waals surface area (Å²) in [6, 6.07) is 16.6. The molecule has 0 unspecified atom stereocenters. The van der Waals surface area contributed by atoms with Crippen LogP contribution >= 0.6 is 0 Å². The number of benzene rings is 2. The van der Waals surface area contributed by atoms with E-state index in [4.69, 9.17) is 5.73 Å². The van der Waals surface area contributed by atoms with Gasteiger partial charge in [-0.3, -0.25) is 0 Å². The van der Waals surface area contributed by atoms with Crippen LogP contribution in [0.2, 0.25) is 0 Å². The smallest absolute Gasteiger partial charge is 0.193 e. The minimum atomic E-state index is 0.421. The molecule has 1 heterocycles. The normalized spacial score (nSPS) is 11.5. The molecule has 0 amide bonds. The number of imidazole rings is 1. The van der Waals surface area contributed by atoms with Gasteiger partial charge in [-0.25, -0.2) is 9.98 Å². The largest absolute Gasteiger partial charge is 0.370 e. The highest BCUT2D eigenvalue weighted by Crippen LogP contribution is 2.11. The molecule has 0 aliphatic carbocycles. The van der Waals surface area contributed by atoms with Gasteiger partial charge in [0, 0.05) is 24.6 Å². The lowest BCUT2D eigenvalue weighted by Crippen LogP contribution is -2.22. The molecule has 5 heteroatoms. The summed E-state index contributed by atoms with van der Waals surface area (Å²) >= 11 is 0. The second-order valence-corrected chi connectivity index (χ2v) is 6.30. The van der Waals surface area contributed by atoms with E-state index >= 15 is 0 Å². The van der Waals surface area contributed by atoms with Crippen molar-refractivity contribution in [2.45, 2.75) is 33.4 Å². The van der Waals surface area contributed by atoms with Crippen LogP contribution in [0.5, 0.6) is 0 Å². The van der Waals surface area contributed by atoms with Crippen LogP contribution in [-0.2, 0) is 19.5 Å². The van der Waals surface area contributed by atoms with E-state index in [0.29, 0.717) is 12.5 Å². The molecule has 5 nitrogen and oxygen atoms in total. The van der Waals surface area contributed by atoms with Crippen molar-refractivity contribution in [3.63, 3.8) is 0 Å². The zero-order valence-electron chi connectivity index (χ0n) is 15.3. The quantitative estimate of drug-likeness (QED) is 0.527. The number of aryl methyl sites for hydroxylation is 2. The van der Waals surface area contributed by atoms with Gasteiger partial charge in [0.15, 0.2) is 5.96 Å². The SMILES string of the molecule is CCc1ccc(NC(N)=NCc2cccc(Cn3ccnc3C)c2)cc1. The number of anilines is 1. The van der Waals surface area contributed by atoms with Gasteiger partial charge in [-0.15, -0.1) is 0 Å². The first-order valence-corrected chi connectivity index (χ1v) is 8.85. The van der Waals surface area contributed by atoms with E-state index in [-0.39, 0.29) is 0 Å². The van der Waals surface area contributed by atoms with Crippen molar-refractivity contribution >= 4 is 11.6 Å². The van der Waals surface area contributed by atoms with Gasteiger partial charge in [-0.05, 0) is 42.2 Å². The molecule has 2 aromatic carbocycles. The van der Waals surface area contributed by atoms with Gasteiger partial charge in [-0.1, -0.05) is 43.3 Å². The maximum Gasteiger partial charge on any atom is 0.193 e. The molecule has 0 aliphatic heterocycles. The summed E-state index contributed by atoms with van der Waals surface area (Å²) in [5, 5.41) is 3.14. The fourth-order valence-electron chi connectivity index (χ4n) is 2.78. The number of hydrogen-bond acceptors (Lipinski definition) is 2. The predicted octanol–water partition coefficient (Wildman–Crippen LogP) is 3.73. The third kappa shape index (κ3) is 4.72. The van der Waals surface area contributed by atoms with Gasteiger partial charge in [0.05, 0.1) is 6.54 Å². The van der Waals surface area contributed by atoms with Gasteiger partial charge >= 0.3 is 0 Å². The molecule has 0 radical (unpaired) electrons. The Hall–Kier alpha value is -3.08. The Kier molecular flexibility index (Phi) is 5.69. The van der Waals surface area contributed by atoms with E-state index in [2.05, 4.69) is 63.2 Å². The van der Waals surface area contributed by atoms with E-state index < -0.39 is 0 Å². The lowest BCUT2D eigenvalue weighted by Gasteiger charge is -2.08. The summed E-state index contributed by atoms with van der Waals surface area (Å²) in [5.41, 5.74) is 10.6. The van der Waals surface area contributed by atoms with Crippen LogP contribution in [0.25, 0.3) is 0 Å². The fourth-order valence-corrected chi connectivity index (χ4v) is 2.78. The predicted molar refractivity (Wildman–Crippen MR) is 107 cm³/mol. The van der Waals surface area contributed by atoms with Crippen LogP contribution < -0.4 is 11.1 Å². The summed E-state index contributed by atoms with van der Waals surface area (Å²) in [6.45, 7) is 5.50. The molecule has 0 atom stereocenters. The molecule has 26 heavy (non-hydrogen) atoms. The highest BCUT2D eigenvalue weighted by atomic mass is 15.1. The maximum atomic E-state index is 6.02. The second-order valence-electron chi connectivity index (χ2n) is 6.30. The van der Waals surface area contributed by atoms with Gasteiger partial charge in [-0.2, -0.15) is 0 Å². The van der Waals surface area contributed by atoms with Crippen LogP contribution in [0.3, 0.4) is 0 Å². The van der Waals surface area contributed by atoms with E-state index in [9.17, 15) is 0 Å². The van der Waals surface area contributed by atoms with Crippen LogP contribution in [0, 0.1) is 6.92 Å². The molecule has 1 aromatic heterocycles. The Labute approximate surface area is 154 Å². The highest BCUT2D eigenvalue weighted by Gasteiger charge is 2.01. The summed E-state index contributed by atoms with van der Waals surface area (Å²) in [7, 11) is 0. The zero-order chi connectivity index (χ0) is 18.4. The first-order chi connectivity index (χ1) is 12.6. The van der Waals surface area contributed by atoms with Crippen molar-refractivity contribution in [1.82, 2.24) is 9.55 Å². The van der Waals surface area contributed by atoms with E-state index in [1.165, 1.54) is 11.1 Å². The third-order valence-corrected chi connectivity index (χ3v) is 4.33. The van der Waals surface area contributed by atoms with E-state index in [1.54, 1.807) is 0 Å². The van der Waals surface area contributed by atoms with Crippen molar-refractivity contribution in [3.8, 4) is 0 Å². The van der Waals surface area contributed by atoms with Crippen molar-refractivity contribution in [1.29, 1.82) is 0 Å². The van der Waals surface area contributed by atoms with Gasteiger partial charge in [0.25, 0.3) is 0 Å². The Bertz CT molecular complexity index is 877. The number of nitrogens with two attached hydrogens (primary N) is 1. The van der Waals surface area contributed by atoms with Crippen LogP contribution in [0.15, 0.2) is 65.9 Å². The standard InChI is InChI=1S/C21H25N5/c1-3-17-7-9-20(10-8-17)25-21(22)24-14-18-5-4-6-19(13-18)15-26-12-11-23-16(26)2/h4-13H,3,14-15H2,1-2H3,(H3,22,24,25). The number of nitrogens with zero attached hydrogens (tertiary/aromatic N) is 3. The molecule has 0 spiro atoms. The minimum absolute atomic E-state index is 0.421. The number of aliphatic imine (C=N–C) groups is 1. The van der Waals surface area contributed by atoms with Crippen molar-refractivity contribution in [2.75, 3.05) is 5.32 Å². The van der Waals surface area contributed by atoms with Gasteiger partial charge < -0.3 is 15.6 Å². The van der Waals surface area contributed by atoms with Crippen LogP contribution in [0.4, 0.5) is 5.69 Å². The molecule has 0 fully saturated rings. The molecule has 0 bridgehead atoms. The maximum absolute atomic E-state index is 6.02. The van der Waals surface area contributed by atoms with Crippen molar-refractivity contribution < 1.29 is 0 Å². The minimum Gasteiger partial charge on any atom is -0.370 e. The lowest BCUT2D eigenvalue weighted by atomic mass is 10.1. The summed E-state index contributed by atoms with van der Waals surface area (Å²) in [5.74, 6) is 1.43. The molecule has 3 N–H and O–H groups in total. The monoisotopic (exact) mass is 347 g/mol. The molecule has 0 saturated heterocycles. The van der Waals surface area contributed by atoms with Crippen molar-refractivity contribution in [2.24, 2.45) is 10.7 Å². The average Bonchev–Trinajstić information content (AvgIpc) is 3.06. The number of rotatable bonds is 6. The molecule has 0 saturated carbocycles. The van der Waals surface area contributed by atoms with E-state index in [0.717, 1.165) is 30.0 Å². The molecule has 134 valence electrons. The zero-order valence-corrected chi connectivity index (χ0v) is 15.3. The van der Waals surface area contributed by atoms with Crippen LogP contribution in [0.1, 0.15) is 29.4 Å². The molecule has 0 aliphatic rings. The topological polar surface area (TPSA) is 68.2 Å². The second kappa shape index (κ2) is 8.34. The molecular formula is C21H25N5. The summed E-state index contributed by atoms with van der Waals surface area (Å²) in [6.07, 6.45) is 4.84. The number of nitrogens with one attached hydrogen (secondary N) is 1.